The maximum absolute atomic E-state index is 13.7. The summed E-state index contributed by atoms with van der Waals surface area (Å²) in [5.74, 6) is -1.49. The lowest BCUT2D eigenvalue weighted by Gasteiger charge is -2.12. The Morgan fingerprint density at radius 2 is 1.59 bits per heavy atom. The maximum Gasteiger partial charge on any atom is 0.261 e. The Hall–Kier alpha value is -2.75. The summed E-state index contributed by atoms with van der Waals surface area (Å²) in [5.41, 5.74) is 0.747. The number of halogens is 3. The van der Waals surface area contributed by atoms with Gasteiger partial charge in [-0.1, -0.05) is 23.7 Å². The van der Waals surface area contributed by atoms with Crippen LogP contribution in [0.3, 0.4) is 0 Å². The van der Waals surface area contributed by atoms with E-state index in [1.54, 1.807) is 24.3 Å². The molecule has 0 saturated carbocycles. The van der Waals surface area contributed by atoms with E-state index in [4.69, 9.17) is 23.8 Å². The summed E-state index contributed by atoms with van der Waals surface area (Å²) in [5, 5.41) is 5.73. The van der Waals surface area contributed by atoms with Crippen molar-refractivity contribution in [2.24, 2.45) is 0 Å². The van der Waals surface area contributed by atoms with Crippen molar-refractivity contribution in [2.45, 2.75) is 4.90 Å². The van der Waals surface area contributed by atoms with Crippen LogP contribution < -0.4 is 15.4 Å². The highest BCUT2D eigenvalue weighted by molar-refractivity contribution is 7.92. The van der Waals surface area contributed by atoms with E-state index in [-0.39, 0.29) is 26.4 Å². The largest absolute Gasteiger partial charge is 0.332 e. The van der Waals surface area contributed by atoms with Crippen molar-refractivity contribution in [2.75, 3.05) is 15.4 Å². The SMILES string of the molecule is O=S(=O)(Nc1ccccc1Cl)c1ccc(NC(=S)Nc2ccc(F)cc2F)cc1. The first-order valence-corrected chi connectivity index (χ1v) is 10.4. The van der Waals surface area contributed by atoms with Crippen molar-refractivity contribution < 1.29 is 17.2 Å². The van der Waals surface area contributed by atoms with Gasteiger partial charge >= 0.3 is 0 Å². The normalized spacial score (nSPS) is 11.0. The molecule has 3 N–H and O–H groups in total. The molecule has 0 aromatic heterocycles. The fourth-order valence-electron chi connectivity index (χ4n) is 2.34. The van der Waals surface area contributed by atoms with Gasteiger partial charge < -0.3 is 10.6 Å². The number of para-hydroxylation sites is 1. The van der Waals surface area contributed by atoms with Crippen LogP contribution in [0.15, 0.2) is 71.6 Å². The average Bonchev–Trinajstić information content (AvgIpc) is 2.66. The second-order valence-corrected chi connectivity index (χ2v) is 8.31. The third-order valence-electron chi connectivity index (χ3n) is 3.72. The van der Waals surface area contributed by atoms with Gasteiger partial charge in [0.2, 0.25) is 0 Å². The molecule has 3 rings (SSSR count). The average molecular weight is 454 g/mol. The number of thiocarbonyl (C=S) groups is 1. The lowest BCUT2D eigenvalue weighted by molar-refractivity contribution is 0.586. The number of hydrogen-bond donors (Lipinski definition) is 3. The first-order chi connectivity index (χ1) is 13.7. The Morgan fingerprint density at radius 1 is 0.897 bits per heavy atom. The molecule has 0 unspecified atom stereocenters. The Labute approximate surface area is 176 Å². The van der Waals surface area contributed by atoms with Crippen molar-refractivity contribution in [1.29, 1.82) is 0 Å². The second kappa shape index (κ2) is 8.73. The minimum Gasteiger partial charge on any atom is -0.332 e. The summed E-state index contributed by atoms with van der Waals surface area (Å²) in [6, 6.07) is 15.3. The zero-order chi connectivity index (χ0) is 21.0. The second-order valence-electron chi connectivity index (χ2n) is 5.81. The first kappa shape index (κ1) is 21.0. The molecule has 0 aliphatic heterocycles. The minimum atomic E-state index is -3.84. The van der Waals surface area contributed by atoms with Crippen LogP contribution in [0.1, 0.15) is 0 Å². The van der Waals surface area contributed by atoms with Crippen LogP contribution in [-0.4, -0.2) is 13.5 Å². The third kappa shape index (κ3) is 5.41. The highest BCUT2D eigenvalue weighted by Gasteiger charge is 2.15. The number of benzene rings is 3. The van der Waals surface area contributed by atoms with Crippen LogP contribution in [-0.2, 0) is 10.0 Å². The number of hydrogen-bond acceptors (Lipinski definition) is 3. The molecule has 0 aliphatic rings. The molecule has 0 radical (unpaired) electrons. The van der Waals surface area contributed by atoms with Gasteiger partial charge in [-0.05, 0) is 60.7 Å². The molecule has 5 nitrogen and oxygen atoms in total. The van der Waals surface area contributed by atoms with Crippen molar-refractivity contribution in [3.63, 3.8) is 0 Å². The van der Waals surface area contributed by atoms with E-state index in [0.29, 0.717) is 5.69 Å². The molecular weight excluding hydrogens is 440 g/mol. The zero-order valence-electron chi connectivity index (χ0n) is 14.6. The summed E-state index contributed by atoms with van der Waals surface area (Å²) >= 11 is 11.1. The summed E-state index contributed by atoms with van der Waals surface area (Å²) in [6.45, 7) is 0. The molecular formula is C19H14ClF2N3O2S2. The first-order valence-electron chi connectivity index (χ1n) is 8.15. The lowest BCUT2D eigenvalue weighted by atomic mass is 10.3. The van der Waals surface area contributed by atoms with Gasteiger partial charge in [0, 0.05) is 11.8 Å². The summed E-state index contributed by atoms with van der Waals surface area (Å²) in [7, 11) is -3.84. The molecule has 3 aromatic rings. The van der Waals surface area contributed by atoms with Crippen molar-refractivity contribution in [3.05, 3.63) is 83.4 Å². The standard InChI is InChI=1S/C19H14ClF2N3O2S2/c20-15-3-1-2-4-17(15)25-29(26,27)14-8-6-13(7-9-14)23-19(28)24-18-10-5-12(21)11-16(18)22/h1-11,25H,(H2,23,24,28). The van der Waals surface area contributed by atoms with Crippen LogP contribution in [0.2, 0.25) is 5.02 Å². The number of anilines is 3. The van der Waals surface area contributed by atoms with Crippen molar-refractivity contribution in [3.8, 4) is 0 Å². The smallest absolute Gasteiger partial charge is 0.261 e. The van der Waals surface area contributed by atoms with Gasteiger partial charge in [-0.25, -0.2) is 17.2 Å². The van der Waals surface area contributed by atoms with Crippen LogP contribution in [0.4, 0.5) is 25.8 Å². The topological polar surface area (TPSA) is 70.2 Å². The van der Waals surface area contributed by atoms with Crippen LogP contribution in [0.5, 0.6) is 0 Å². The molecule has 0 bridgehead atoms. The molecule has 0 saturated heterocycles. The van der Waals surface area contributed by atoms with Crippen LogP contribution >= 0.6 is 23.8 Å². The molecule has 0 spiro atoms. The number of nitrogens with one attached hydrogen (secondary N) is 3. The van der Waals surface area contributed by atoms with Gasteiger partial charge in [0.1, 0.15) is 11.6 Å². The van der Waals surface area contributed by atoms with E-state index < -0.39 is 21.7 Å². The monoisotopic (exact) mass is 453 g/mol. The third-order valence-corrected chi connectivity index (χ3v) is 5.64. The Balaban J connectivity index is 1.68. The molecule has 10 heteroatoms. The van der Waals surface area contributed by atoms with Gasteiger partial charge in [0.05, 0.1) is 21.3 Å². The highest BCUT2D eigenvalue weighted by atomic mass is 35.5. The molecule has 0 amide bonds. The molecule has 0 fully saturated rings. The van der Waals surface area contributed by atoms with Crippen molar-refractivity contribution in [1.82, 2.24) is 0 Å². The summed E-state index contributed by atoms with van der Waals surface area (Å²) in [6.07, 6.45) is 0. The van der Waals surface area contributed by atoms with Gasteiger partial charge in [-0.2, -0.15) is 0 Å². The van der Waals surface area contributed by atoms with Crippen LogP contribution in [0.25, 0.3) is 0 Å². The van der Waals surface area contributed by atoms with E-state index in [1.165, 1.54) is 30.3 Å². The van der Waals surface area contributed by atoms with Gasteiger partial charge in [-0.3, -0.25) is 4.72 Å². The van der Waals surface area contributed by atoms with E-state index >= 15 is 0 Å². The predicted molar refractivity (Wildman–Crippen MR) is 115 cm³/mol. The minimum absolute atomic E-state index is 0.00652. The van der Waals surface area contributed by atoms with Gasteiger partial charge in [0.15, 0.2) is 5.11 Å². The molecule has 0 heterocycles. The van der Waals surface area contributed by atoms with Gasteiger partial charge in [0.25, 0.3) is 10.0 Å². The quantitative estimate of drug-likeness (QED) is 0.461. The molecule has 0 atom stereocenters. The highest BCUT2D eigenvalue weighted by Crippen LogP contribution is 2.24. The summed E-state index contributed by atoms with van der Waals surface area (Å²) in [4.78, 5) is 0.0198. The summed E-state index contributed by atoms with van der Waals surface area (Å²) < 4.78 is 54.0. The van der Waals surface area contributed by atoms with Crippen molar-refractivity contribution >= 4 is 56.0 Å². The Kier molecular flexibility index (Phi) is 6.31. The number of sulfonamides is 1. The predicted octanol–water partition coefficient (Wildman–Crippen LogP) is 5.23. The van der Waals surface area contributed by atoms with E-state index in [1.807, 2.05) is 0 Å². The Bertz CT molecular complexity index is 1160. The number of rotatable bonds is 5. The molecule has 150 valence electrons. The maximum atomic E-state index is 13.7. The van der Waals surface area contributed by atoms with E-state index in [9.17, 15) is 17.2 Å². The molecule has 3 aromatic carbocycles. The fourth-order valence-corrected chi connectivity index (χ4v) is 3.89. The molecule has 0 aliphatic carbocycles. The molecule has 29 heavy (non-hydrogen) atoms. The van der Waals surface area contributed by atoms with Crippen LogP contribution in [0, 0.1) is 11.6 Å². The Morgan fingerprint density at radius 3 is 2.24 bits per heavy atom. The van der Waals surface area contributed by atoms with E-state index in [2.05, 4.69) is 15.4 Å². The van der Waals surface area contributed by atoms with Gasteiger partial charge in [-0.15, -0.1) is 0 Å². The fraction of sp³-hybridized carbons (Fsp3) is 0. The lowest BCUT2D eigenvalue weighted by Crippen LogP contribution is -2.20. The zero-order valence-corrected chi connectivity index (χ0v) is 17.0. The van der Waals surface area contributed by atoms with E-state index in [0.717, 1.165) is 12.1 Å².